The maximum absolute atomic E-state index is 12.4. The molecule has 0 spiro atoms. The van der Waals surface area contributed by atoms with Gasteiger partial charge in [0.25, 0.3) is 0 Å². The molecule has 0 aliphatic rings. The molecule has 4 N–H and O–H groups in total. The zero-order valence-corrected chi connectivity index (χ0v) is 20.4. The molecule has 0 aromatic heterocycles. The summed E-state index contributed by atoms with van der Waals surface area (Å²) < 4.78 is 7.65. The van der Waals surface area contributed by atoms with Gasteiger partial charge in [0.15, 0.2) is 0 Å². The van der Waals surface area contributed by atoms with Crippen molar-refractivity contribution < 1.29 is 29.0 Å². The van der Waals surface area contributed by atoms with Crippen molar-refractivity contribution in [3.8, 4) is 0 Å². The number of carboxylic acids is 1. The van der Waals surface area contributed by atoms with Gasteiger partial charge in [-0.1, -0.05) is 0 Å². The number of carbonyl (C=O) groups excluding carboxylic acids is 3. The van der Waals surface area contributed by atoms with Gasteiger partial charge in [-0.3, -0.25) is 0 Å². The van der Waals surface area contributed by atoms with E-state index in [1.807, 2.05) is 20.1 Å². The number of amides is 2. The summed E-state index contributed by atoms with van der Waals surface area (Å²) in [6.07, 6.45) is 1.98. The van der Waals surface area contributed by atoms with Crippen molar-refractivity contribution in [1.82, 2.24) is 15.0 Å². The summed E-state index contributed by atoms with van der Waals surface area (Å²) in [6.45, 7) is 8.77. The number of ether oxygens (including phenoxy) is 1. The van der Waals surface area contributed by atoms with Crippen LogP contribution < -0.4 is 15.0 Å². The van der Waals surface area contributed by atoms with Gasteiger partial charge < -0.3 is 0 Å². The Morgan fingerprint density at radius 1 is 1.14 bits per heavy atom. The average molecular weight is 499 g/mol. The maximum atomic E-state index is 12.4. The first-order chi connectivity index (χ1) is 13.4. The zero-order chi connectivity index (χ0) is 22.6. The second-order valence-electron chi connectivity index (χ2n) is 7.81. The van der Waals surface area contributed by atoms with E-state index in [9.17, 15) is 19.2 Å². The summed E-state index contributed by atoms with van der Waals surface area (Å²) >= 11 is 0.752. The normalized spacial score (nSPS) is 13.5. The number of aliphatic carboxylic acids is 1. The number of rotatable bonds is 13. The third-order valence-corrected chi connectivity index (χ3v) is 5.61. The molecule has 2 amide bonds. The monoisotopic (exact) mass is 499 g/mol. The molecule has 0 saturated carbocycles. The van der Waals surface area contributed by atoms with Crippen molar-refractivity contribution in [2.45, 2.75) is 65.1 Å². The Hall–Kier alpha value is -1.29. The van der Waals surface area contributed by atoms with E-state index < -0.39 is 50.8 Å². The van der Waals surface area contributed by atoms with Crippen LogP contribution in [0, 0.1) is 5.92 Å². The molecular formula is C18H33N3O6SSe. The Morgan fingerprint density at radius 3 is 2.24 bits per heavy atom. The molecule has 0 heterocycles. The molecule has 168 valence electrons. The Labute approximate surface area is 183 Å². The van der Waals surface area contributed by atoms with Crippen LogP contribution in [0.1, 0.15) is 47.5 Å². The topological polar surface area (TPSA) is 134 Å². The van der Waals surface area contributed by atoms with Crippen LogP contribution in [0.3, 0.4) is 0 Å². The quantitative estimate of drug-likeness (QED) is 0.276. The summed E-state index contributed by atoms with van der Waals surface area (Å²) in [4.78, 5) is 47.6. The van der Waals surface area contributed by atoms with Crippen LogP contribution in [0.4, 0.5) is 4.79 Å². The fourth-order valence-electron chi connectivity index (χ4n) is 2.08. The fraction of sp³-hybridized carbons (Fsp3) is 0.778. The van der Waals surface area contributed by atoms with Crippen molar-refractivity contribution in [2.24, 2.45) is 5.92 Å². The second kappa shape index (κ2) is 13.8. The molecule has 0 aliphatic carbocycles. The number of thioether (sulfide) groups is 1. The number of carboxylic acid groups (broad SMARTS) is 1. The van der Waals surface area contributed by atoms with Crippen LogP contribution in [0.25, 0.3) is 0 Å². The van der Waals surface area contributed by atoms with Crippen molar-refractivity contribution in [2.75, 3.05) is 18.6 Å². The van der Waals surface area contributed by atoms with Gasteiger partial charge in [-0.05, 0) is 0 Å². The zero-order valence-electron chi connectivity index (χ0n) is 17.9. The first-order valence-corrected chi connectivity index (χ1v) is 12.4. The Kier molecular flexibility index (Phi) is 13.2. The van der Waals surface area contributed by atoms with Crippen molar-refractivity contribution in [3.63, 3.8) is 0 Å². The molecule has 0 radical (unpaired) electrons. The molecule has 11 heteroatoms. The molecule has 0 aromatic carbocycles. The van der Waals surface area contributed by atoms with Gasteiger partial charge in [0.1, 0.15) is 0 Å². The van der Waals surface area contributed by atoms with Crippen molar-refractivity contribution >= 4 is 49.6 Å². The standard InChI is InChI=1S/C18H33N3O6SSe/c1-11(2)9-13(20-17(26)27-18(3,4)5)15(23)19-10-14(22)29-21-12(16(24)25)7-8-28-6/h11-13,21H,7-10H2,1-6H3,(H,19,23)(H,20,26)(H,24,25)/t12-,13-/m0/s1. The van der Waals surface area contributed by atoms with E-state index in [0.29, 0.717) is 18.6 Å². The Bertz CT molecular complexity index is 568. The average Bonchev–Trinajstić information content (AvgIpc) is 2.56. The van der Waals surface area contributed by atoms with Crippen LogP contribution in [0.15, 0.2) is 0 Å². The summed E-state index contributed by atoms with van der Waals surface area (Å²) in [7, 11) is 0. The number of hydrogen-bond donors (Lipinski definition) is 4. The van der Waals surface area contributed by atoms with E-state index in [1.54, 1.807) is 20.8 Å². The van der Waals surface area contributed by atoms with Crippen LogP contribution in [-0.2, 0) is 19.1 Å². The number of alkyl carbamates (subject to hydrolysis) is 1. The summed E-state index contributed by atoms with van der Waals surface area (Å²) in [6, 6.07) is -1.61. The Morgan fingerprint density at radius 2 is 1.76 bits per heavy atom. The van der Waals surface area contributed by atoms with Gasteiger partial charge in [0, 0.05) is 0 Å². The first kappa shape index (κ1) is 27.7. The van der Waals surface area contributed by atoms with Gasteiger partial charge in [-0.2, -0.15) is 0 Å². The summed E-state index contributed by atoms with van der Waals surface area (Å²) in [5.41, 5.74) is -0.690. The van der Waals surface area contributed by atoms with E-state index >= 15 is 0 Å². The molecule has 0 saturated heterocycles. The molecule has 29 heavy (non-hydrogen) atoms. The van der Waals surface area contributed by atoms with Crippen LogP contribution >= 0.6 is 11.8 Å². The molecule has 0 rings (SSSR count). The van der Waals surface area contributed by atoms with Crippen LogP contribution in [0.2, 0.25) is 0 Å². The third kappa shape index (κ3) is 14.4. The van der Waals surface area contributed by atoms with E-state index in [-0.39, 0.29) is 17.1 Å². The predicted molar refractivity (Wildman–Crippen MR) is 114 cm³/mol. The number of hydrogen-bond acceptors (Lipinski definition) is 7. The van der Waals surface area contributed by atoms with E-state index in [4.69, 9.17) is 9.84 Å². The second-order valence-corrected chi connectivity index (χ2v) is 10.7. The molecule has 0 bridgehead atoms. The van der Waals surface area contributed by atoms with Gasteiger partial charge in [-0.25, -0.2) is 0 Å². The number of carbonyl (C=O) groups is 4. The minimum absolute atomic E-state index is 0.134. The molecule has 9 nitrogen and oxygen atoms in total. The summed E-state index contributed by atoms with van der Waals surface area (Å²) in [5.74, 6) is -0.685. The molecule has 0 aromatic rings. The number of nitrogens with one attached hydrogen (secondary N) is 3. The third-order valence-electron chi connectivity index (χ3n) is 3.35. The van der Waals surface area contributed by atoms with Gasteiger partial charge >= 0.3 is 183 Å². The predicted octanol–water partition coefficient (Wildman–Crippen LogP) is 0.984. The molecule has 0 aliphatic heterocycles. The van der Waals surface area contributed by atoms with Crippen molar-refractivity contribution in [3.05, 3.63) is 0 Å². The van der Waals surface area contributed by atoms with E-state index in [1.165, 1.54) is 11.8 Å². The first-order valence-electron chi connectivity index (χ1n) is 9.29. The molecule has 0 fully saturated rings. The van der Waals surface area contributed by atoms with Gasteiger partial charge in [-0.15, -0.1) is 0 Å². The van der Waals surface area contributed by atoms with Gasteiger partial charge in [0.2, 0.25) is 0 Å². The molecule has 0 unspecified atom stereocenters. The molecular weight excluding hydrogens is 465 g/mol. The van der Waals surface area contributed by atoms with Crippen LogP contribution in [-0.4, -0.2) is 79.2 Å². The molecule has 2 atom stereocenters. The van der Waals surface area contributed by atoms with Gasteiger partial charge in [0.05, 0.1) is 0 Å². The van der Waals surface area contributed by atoms with E-state index in [0.717, 1.165) is 0 Å². The summed E-state index contributed by atoms with van der Waals surface area (Å²) in [5, 5.41) is 14.2. The minimum atomic E-state index is -1.00. The van der Waals surface area contributed by atoms with Crippen LogP contribution in [0.5, 0.6) is 0 Å². The fourth-order valence-corrected chi connectivity index (χ4v) is 3.88. The SMILES string of the molecule is CSCC[C@H](N[Se]C(=O)CNC(=O)[C@H](CC(C)C)NC(=O)OC(C)(C)C)C(=O)O. The van der Waals surface area contributed by atoms with Crippen molar-refractivity contribution in [1.29, 1.82) is 0 Å². The Balaban J connectivity index is 4.62. The van der Waals surface area contributed by atoms with E-state index in [2.05, 4.69) is 15.0 Å².